The molecule has 34 heavy (non-hydrogen) atoms. The van der Waals surface area contributed by atoms with Crippen molar-refractivity contribution in [1.29, 1.82) is 0 Å². The number of hydrogen-bond donors (Lipinski definition) is 2. The number of rotatable bonds is 5. The van der Waals surface area contributed by atoms with Gasteiger partial charge in [0.05, 0.1) is 36.9 Å². The van der Waals surface area contributed by atoms with Gasteiger partial charge in [-0.1, -0.05) is 41.7 Å². The molecule has 2 aromatic carbocycles. The van der Waals surface area contributed by atoms with Gasteiger partial charge < -0.3 is 9.84 Å². The highest BCUT2D eigenvalue weighted by Crippen LogP contribution is 2.33. The maximum absolute atomic E-state index is 13.5. The zero-order chi connectivity index (χ0) is 24.6. The highest BCUT2D eigenvalue weighted by Gasteiger charge is 2.33. The predicted octanol–water partition coefficient (Wildman–Crippen LogP) is 2.91. The Morgan fingerprint density at radius 1 is 1.32 bits per heavy atom. The lowest BCUT2D eigenvalue weighted by Gasteiger charge is -2.24. The number of fused-ring (bicyclic) bond motifs is 1. The van der Waals surface area contributed by atoms with Crippen molar-refractivity contribution in [2.45, 2.75) is 19.9 Å². The molecule has 0 amide bonds. The number of nitrogens with zero attached hydrogens (tertiary/aromatic N) is 3. The fourth-order valence-corrected chi connectivity index (χ4v) is 5.41. The van der Waals surface area contributed by atoms with E-state index >= 15 is 0 Å². The van der Waals surface area contributed by atoms with Gasteiger partial charge in [0.1, 0.15) is 0 Å². The molecule has 0 radical (unpaired) electrons. The predicted molar refractivity (Wildman–Crippen MR) is 133 cm³/mol. The Morgan fingerprint density at radius 2 is 2.03 bits per heavy atom. The van der Waals surface area contributed by atoms with Crippen molar-refractivity contribution in [3.05, 3.63) is 93.0 Å². The maximum Gasteiger partial charge on any atom is 0.359 e. The summed E-state index contributed by atoms with van der Waals surface area (Å²) >= 11 is 2.96. The van der Waals surface area contributed by atoms with Crippen LogP contribution in [0.2, 0.25) is 0 Å². The van der Waals surface area contributed by atoms with Crippen LogP contribution >= 0.6 is 33.9 Å². The number of phenolic OH excluding ortho intramolecular Hbond substituents is 1. The number of phenols is 1. The van der Waals surface area contributed by atoms with Crippen LogP contribution < -0.4 is 14.9 Å². The number of carbonyl (C=O) groups is 1. The third kappa shape index (κ3) is 4.28. The van der Waals surface area contributed by atoms with Crippen molar-refractivity contribution in [2.75, 3.05) is 6.61 Å². The van der Waals surface area contributed by atoms with Gasteiger partial charge >= 0.3 is 11.7 Å². The van der Waals surface area contributed by atoms with E-state index in [1.807, 2.05) is 52.9 Å². The minimum atomic E-state index is -0.719. The number of aromatic nitrogens is 1. The summed E-state index contributed by atoms with van der Waals surface area (Å²) in [6.07, 6.45) is 1.55. The summed E-state index contributed by atoms with van der Waals surface area (Å²) in [4.78, 5) is 42.3. The van der Waals surface area contributed by atoms with E-state index in [-0.39, 0.29) is 29.2 Å². The molecule has 2 N–H and O–H groups in total. The number of ether oxygens (including phenoxy) is 1. The van der Waals surface area contributed by atoms with E-state index in [9.17, 15) is 24.8 Å². The fraction of sp³-hybridized carbons (Fsp3) is 0.174. The number of carbonyl (C=O) groups excluding carboxylic acids is 1. The van der Waals surface area contributed by atoms with Crippen molar-refractivity contribution < 1.29 is 24.8 Å². The first-order valence-corrected chi connectivity index (χ1v) is 12.1. The van der Waals surface area contributed by atoms with Gasteiger partial charge in [0, 0.05) is 6.07 Å². The molecular weight excluding hydrogens is 573 g/mol. The van der Waals surface area contributed by atoms with E-state index in [0.29, 0.717) is 24.2 Å². The topological polar surface area (TPSA) is 121 Å². The first-order chi connectivity index (χ1) is 16.2. The molecular formula is C23H19IN3O6S+. The molecule has 3 aromatic rings. The largest absolute Gasteiger partial charge is 0.501 e. The van der Waals surface area contributed by atoms with Crippen molar-refractivity contribution in [1.82, 2.24) is 4.57 Å². The van der Waals surface area contributed by atoms with Gasteiger partial charge in [-0.05, 0) is 59.7 Å². The van der Waals surface area contributed by atoms with E-state index in [1.54, 1.807) is 26.0 Å². The molecule has 0 aliphatic carbocycles. The van der Waals surface area contributed by atoms with Gasteiger partial charge in [0.15, 0.2) is 4.80 Å². The van der Waals surface area contributed by atoms with E-state index in [4.69, 9.17) is 4.74 Å². The molecule has 2 heterocycles. The average molecular weight is 592 g/mol. The molecule has 174 valence electrons. The van der Waals surface area contributed by atoms with Gasteiger partial charge in [-0.2, -0.15) is 0 Å². The summed E-state index contributed by atoms with van der Waals surface area (Å²) in [5, 5.41) is 19.3. The normalized spacial score (nSPS) is 15.6. The van der Waals surface area contributed by atoms with Gasteiger partial charge in [0.25, 0.3) is 10.5 Å². The van der Waals surface area contributed by atoms with Crippen LogP contribution in [-0.4, -0.2) is 32.4 Å². The van der Waals surface area contributed by atoms with Crippen LogP contribution in [0.15, 0.2) is 63.5 Å². The minimum absolute atomic E-state index is 0.185. The highest BCUT2D eigenvalue weighted by atomic mass is 127. The number of esters is 1. The second kappa shape index (κ2) is 9.50. The van der Waals surface area contributed by atoms with Crippen LogP contribution in [0.25, 0.3) is 6.08 Å². The molecule has 0 bridgehead atoms. The number of halogens is 1. The fourth-order valence-electron chi connectivity index (χ4n) is 3.73. The summed E-state index contributed by atoms with van der Waals surface area (Å²) in [7, 11) is 0. The maximum atomic E-state index is 13.5. The summed E-state index contributed by atoms with van der Waals surface area (Å²) in [5.41, 5.74) is 1.19. The van der Waals surface area contributed by atoms with Crippen LogP contribution in [0, 0.1) is 8.48 Å². The van der Waals surface area contributed by atoms with Crippen LogP contribution in [0.3, 0.4) is 0 Å². The van der Waals surface area contributed by atoms with Crippen molar-refractivity contribution >= 4 is 51.7 Å². The van der Waals surface area contributed by atoms with Crippen molar-refractivity contribution in [2.24, 2.45) is 4.99 Å². The Labute approximate surface area is 210 Å². The zero-order valence-corrected chi connectivity index (χ0v) is 21.0. The lowest BCUT2D eigenvalue weighted by molar-refractivity contribution is -0.730. The van der Waals surface area contributed by atoms with Gasteiger partial charge in [-0.25, -0.2) is 15.0 Å². The first kappa shape index (κ1) is 23.8. The van der Waals surface area contributed by atoms with Gasteiger partial charge in [0.2, 0.25) is 5.75 Å². The summed E-state index contributed by atoms with van der Waals surface area (Å²) in [6.45, 7) is 3.60. The van der Waals surface area contributed by atoms with E-state index in [1.165, 1.54) is 10.6 Å². The lowest BCUT2D eigenvalue weighted by Crippen LogP contribution is -2.39. The van der Waals surface area contributed by atoms with E-state index < -0.39 is 16.9 Å². The molecule has 0 fully saturated rings. The third-order valence-electron chi connectivity index (χ3n) is 5.20. The SMILES string of the molecule is CCOC(=O)C1=C(C)N=c2s/c(=C\c3cc(I)c(O)c([N+](=O)O)c3)c(=O)n2C1c1ccccc1. The summed E-state index contributed by atoms with van der Waals surface area (Å²) < 4.78 is 7.35. The molecule has 0 saturated carbocycles. The van der Waals surface area contributed by atoms with E-state index in [0.717, 1.165) is 16.9 Å². The molecule has 4 rings (SSSR count). The molecule has 11 heteroatoms. The third-order valence-corrected chi connectivity index (χ3v) is 7.01. The Hall–Kier alpha value is -3.32. The lowest BCUT2D eigenvalue weighted by atomic mass is 9.96. The molecule has 9 nitrogen and oxygen atoms in total. The first-order valence-electron chi connectivity index (χ1n) is 10.2. The summed E-state index contributed by atoms with van der Waals surface area (Å²) in [5.74, 6) is -0.904. The van der Waals surface area contributed by atoms with Crippen LogP contribution in [0.5, 0.6) is 5.75 Å². The molecule has 1 atom stereocenters. The average Bonchev–Trinajstić information content (AvgIpc) is 3.10. The van der Waals surface area contributed by atoms with Crippen LogP contribution in [0.4, 0.5) is 5.69 Å². The number of aromatic hydroxyl groups is 1. The smallest absolute Gasteiger partial charge is 0.359 e. The van der Waals surface area contributed by atoms with E-state index in [2.05, 4.69) is 4.99 Å². The second-order valence-electron chi connectivity index (χ2n) is 7.36. The molecule has 1 unspecified atom stereocenters. The Bertz CT molecular complexity index is 1520. The number of thiazole rings is 1. The van der Waals surface area contributed by atoms with Crippen LogP contribution in [-0.2, 0) is 9.53 Å². The molecule has 1 aliphatic heterocycles. The van der Waals surface area contributed by atoms with Crippen LogP contribution in [0.1, 0.15) is 31.0 Å². The molecule has 1 aromatic heterocycles. The highest BCUT2D eigenvalue weighted by molar-refractivity contribution is 14.1. The van der Waals surface area contributed by atoms with Crippen molar-refractivity contribution in [3.8, 4) is 5.75 Å². The number of benzene rings is 2. The Kier molecular flexibility index (Phi) is 6.66. The van der Waals surface area contributed by atoms with Gasteiger partial charge in [-0.15, -0.1) is 0 Å². The number of hydrogen-bond acceptors (Lipinski definition) is 7. The Balaban J connectivity index is 1.96. The number of allylic oxidation sites excluding steroid dienone is 1. The van der Waals surface area contributed by atoms with Gasteiger partial charge in [-0.3, -0.25) is 9.36 Å². The quantitative estimate of drug-likeness (QED) is 0.267. The zero-order valence-electron chi connectivity index (χ0n) is 18.1. The van der Waals surface area contributed by atoms with Crippen molar-refractivity contribution in [3.63, 3.8) is 0 Å². The standard InChI is InChI=1S/C23H18IN3O6S/c1-3-33-22(30)18-12(2)25-23-26(19(18)14-7-5-4-6-8-14)21(29)17(34-23)11-13-9-15(24)20(28)16(10-13)27(31)32/h4-11,19H,3H2,1-2H3,(H-,28,29,31,32)/p+1. The monoisotopic (exact) mass is 592 g/mol. The summed E-state index contributed by atoms with van der Waals surface area (Å²) in [6, 6.07) is 11.3. The molecule has 0 saturated heterocycles. The second-order valence-corrected chi connectivity index (χ2v) is 9.53. The minimum Gasteiger partial charge on any atom is -0.501 e. The molecule has 0 spiro atoms. The molecule has 1 aliphatic rings. The Morgan fingerprint density at radius 3 is 2.68 bits per heavy atom.